The monoisotopic (exact) mass is 518 g/mol. The van der Waals surface area contributed by atoms with Gasteiger partial charge in [0.15, 0.2) is 6.61 Å². The number of amides is 2. The Bertz CT molecular complexity index is 1110. The average molecular weight is 520 g/mol. The minimum atomic E-state index is -0.768. The first-order valence-electron chi connectivity index (χ1n) is 10.8. The van der Waals surface area contributed by atoms with Gasteiger partial charge in [0.2, 0.25) is 5.91 Å². The van der Waals surface area contributed by atoms with E-state index in [1.807, 2.05) is 37.3 Å². The highest BCUT2D eigenvalue weighted by Crippen LogP contribution is 2.24. The second-order valence-electron chi connectivity index (χ2n) is 7.60. The predicted molar refractivity (Wildman–Crippen MR) is 137 cm³/mol. The lowest BCUT2D eigenvalue weighted by Crippen LogP contribution is -2.51. The molecule has 0 spiro atoms. The molecule has 178 valence electrons. The Morgan fingerprint density at radius 2 is 1.62 bits per heavy atom. The molecule has 0 aliphatic rings. The van der Waals surface area contributed by atoms with Crippen LogP contribution in [0.4, 0.5) is 0 Å². The van der Waals surface area contributed by atoms with Gasteiger partial charge in [0.25, 0.3) is 5.91 Å². The minimum absolute atomic E-state index is 0.118. The van der Waals surface area contributed by atoms with Crippen LogP contribution in [-0.4, -0.2) is 35.9 Å². The topological polar surface area (TPSA) is 58.6 Å². The normalized spacial score (nSPS) is 11.5. The van der Waals surface area contributed by atoms with Gasteiger partial charge in [-0.2, -0.15) is 0 Å². The molecule has 0 heterocycles. The lowest BCUT2D eigenvalue weighted by atomic mass is 10.0. The number of carbonyl (C=O) groups excluding carboxylic acids is 2. The summed E-state index contributed by atoms with van der Waals surface area (Å²) in [5, 5.41) is 4.32. The fourth-order valence-corrected chi connectivity index (χ4v) is 4.03. The molecule has 34 heavy (non-hydrogen) atoms. The number of hydrogen-bond acceptors (Lipinski definition) is 3. The molecule has 5 nitrogen and oxygen atoms in total. The lowest BCUT2D eigenvalue weighted by molar-refractivity contribution is -0.142. The quantitative estimate of drug-likeness (QED) is 0.368. The SMILES string of the molecule is CCNC(=O)C(Cc1ccccc1)N(Cc1ccc(Cl)cc1Cl)C(=O)COc1ccc(Cl)cc1. The number of hydrogen-bond donors (Lipinski definition) is 1. The van der Waals surface area contributed by atoms with Crippen molar-refractivity contribution in [2.45, 2.75) is 25.9 Å². The van der Waals surface area contributed by atoms with Gasteiger partial charge in [-0.05, 0) is 54.4 Å². The van der Waals surface area contributed by atoms with Crippen LogP contribution >= 0.6 is 34.8 Å². The van der Waals surface area contributed by atoms with Crippen LogP contribution < -0.4 is 10.1 Å². The largest absolute Gasteiger partial charge is 0.484 e. The average Bonchev–Trinajstić information content (AvgIpc) is 2.82. The van der Waals surface area contributed by atoms with Gasteiger partial charge in [-0.25, -0.2) is 0 Å². The number of ether oxygens (including phenoxy) is 1. The first-order valence-corrected chi connectivity index (χ1v) is 11.9. The zero-order valence-corrected chi connectivity index (χ0v) is 20.9. The Morgan fingerprint density at radius 1 is 0.941 bits per heavy atom. The third-order valence-electron chi connectivity index (χ3n) is 5.15. The van der Waals surface area contributed by atoms with Crippen LogP contribution in [0.15, 0.2) is 72.8 Å². The Kier molecular flexibility index (Phi) is 9.63. The second kappa shape index (κ2) is 12.7. The van der Waals surface area contributed by atoms with Crippen LogP contribution in [0.2, 0.25) is 15.1 Å². The summed E-state index contributed by atoms with van der Waals surface area (Å²) in [4.78, 5) is 28.1. The van der Waals surface area contributed by atoms with Crippen LogP contribution in [0.1, 0.15) is 18.1 Å². The predicted octanol–water partition coefficient (Wildman–Crippen LogP) is 5.80. The summed E-state index contributed by atoms with van der Waals surface area (Å²) in [5.41, 5.74) is 1.60. The summed E-state index contributed by atoms with van der Waals surface area (Å²) >= 11 is 18.4. The zero-order valence-electron chi connectivity index (χ0n) is 18.6. The van der Waals surface area contributed by atoms with Crippen molar-refractivity contribution in [1.29, 1.82) is 0 Å². The van der Waals surface area contributed by atoms with E-state index in [-0.39, 0.29) is 25.0 Å². The van der Waals surface area contributed by atoms with Crippen LogP contribution in [0.5, 0.6) is 5.75 Å². The number of nitrogens with zero attached hydrogens (tertiary/aromatic N) is 1. The molecule has 1 N–H and O–H groups in total. The Labute approximate surface area is 214 Å². The van der Waals surface area contributed by atoms with Crippen molar-refractivity contribution in [3.63, 3.8) is 0 Å². The van der Waals surface area contributed by atoms with Gasteiger partial charge in [0, 0.05) is 34.6 Å². The van der Waals surface area contributed by atoms with Gasteiger partial charge in [-0.3, -0.25) is 9.59 Å². The minimum Gasteiger partial charge on any atom is -0.484 e. The zero-order chi connectivity index (χ0) is 24.5. The van der Waals surface area contributed by atoms with E-state index in [4.69, 9.17) is 39.5 Å². The van der Waals surface area contributed by atoms with E-state index in [0.717, 1.165) is 5.56 Å². The van der Waals surface area contributed by atoms with E-state index in [1.165, 1.54) is 4.90 Å². The van der Waals surface area contributed by atoms with Crippen LogP contribution in [0, 0.1) is 0 Å². The number of rotatable bonds is 10. The molecule has 1 unspecified atom stereocenters. The molecular weight excluding hydrogens is 495 g/mol. The molecule has 3 aromatic rings. The summed E-state index contributed by atoms with van der Waals surface area (Å²) in [6.07, 6.45) is 0.338. The highest BCUT2D eigenvalue weighted by atomic mass is 35.5. The molecule has 1 atom stereocenters. The molecule has 3 aromatic carbocycles. The van der Waals surface area contributed by atoms with Crippen molar-refractivity contribution in [3.8, 4) is 5.75 Å². The number of nitrogens with one attached hydrogen (secondary N) is 1. The van der Waals surface area contributed by atoms with Crippen LogP contribution in [-0.2, 0) is 22.6 Å². The molecule has 3 rings (SSSR count). The molecule has 0 aliphatic carbocycles. The molecule has 0 saturated carbocycles. The first-order chi connectivity index (χ1) is 16.4. The van der Waals surface area contributed by atoms with Gasteiger partial charge in [0.1, 0.15) is 11.8 Å². The Balaban J connectivity index is 1.91. The third-order valence-corrected chi connectivity index (χ3v) is 5.99. The van der Waals surface area contributed by atoms with Crippen molar-refractivity contribution < 1.29 is 14.3 Å². The highest BCUT2D eigenvalue weighted by molar-refractivity contribution is 6.35. The van der Waals surface area contributed by atoms with E-state index >= 15 is 0 Å². The van der Waals surface area contributed by atoms with E-state index < -0.39 is 6.04 Å². The third kappa shape index (κ3) is 7.39. The fraction of sp³-hybridized carbons (Fsp3) is 0.231. The second-order valence-corrected chi connectivity index (χ2v) is 8.88. The van der Waals surface area contributed by atoms with E-state index in [0.29, 0.717) is 39.3 Å². The van der Waals surface area contributed by atoms with Crippen molar-refractivity contribution in [1.82, 2.24) is 10.2 Å². The van der Waals surface area contributed by atoms with E-state index in [2.05, 4.69) is 5.32 Å². The molecular formula is C26H25Cl3N2O3. The molecule has 0 aliphatic heterocycles. The van der Waals surface area contributed by atoms with Crippen LogP contribution in [0.3, 0.4) is 0 Å². The molecule has 0 aromatic heterocycles. The van der Waals surface area contributed by atoms with Crippen molar-refractivity contribution >= 4 is 46.6 Å². The molecule has 0 bridgehead atoms. The maximum Gasteiger partial charge on any atom is 0.261 e. The summed E-state index contributed by atoms with van der Waals surface area (Å²) in [6, 6.07) is 20.6. The molecule has 8 heteroatoms. The van der Waals surface area contributed by atoms with Gasteiger partial charge < -0.3 is 15.0 Å². The number of halogens is 3. The maximum atomic E-state index is 13.4. The standard InChI is InChI=1S/C26H25Cl3N2O3/c1-2-30-26(33)24(14-18-6-4-3-5-7-18)31(16-19-8-9-21(28)15-23(19)29)25(32)17-34-22-12-10-20(27)11-13-22/h3-13,15,24H,2,14,16-17H2,1H3,(H,30,33). The summed E-state index contributed by atoms with van der Waals surface area (Å²) in [5.74, 6) is -0.107. The van der Waals surface area contributed by atoms with Gasteiger partial charge in [-0.1, -0.05) is 71.2 Å². The summed E-state index contributed by atoms with van der Waals surface area (Å²) in [6.45, 7) is 2.14. The first kappa shape index (κ1) is 25.9. The van der Waals surface area contributed by atoms with Crippen molar-refractivity contribution in [3.05, 3.63) is 99.0 Å². The van der Waals surface area contributed by atoms with Gasteiger partial charge in [0.05, 0.1) is 0 Å². The summed E-state index contributed by atoms with van der Waals surface area (Å²) in [7, 11) is 0. The van der Waals surface area contributed by atoms with Crippen LogP contribution in [0.25, 0.3) is 0 Å². The van der Waals surface area contributed by atoms with E-state index in [9.17, 15) is 9.59 Å². The Hall–Kier alpha value is -2.73. The number of carbonyl (C=O) groups is 2. The fourth-order valence-electron chi connectivity index (χ4n) is 3.44. The van der Waals surface area contributed by atoms with E-state index in [1.54, 1.807) is 42.5 Å². The summed E-state index contributed by atoms with van der Waals surface area (Å²) < 4.78 is 5.70. The number of benzene rings is 3. The van der Waals surface area contributed by atoms with Crippen molar-refractivity contribution in [2.75, 3.05) is 13.2 Å². The van der Waals surface area contributed by atoms with Crippen molar-refractivity contribution in [2.24, 2.45) is 0 Å². The van der Waals surface area contributed by atoms with Gasteiger partial charge in [-0.15, -0.1) is 0 Å². The maximum absolute atomic E-state index is 13.4. The lowest BCUT2D eigenvalue weighted by Gasteiger charge is -2.31. The molecule has 0 radical (unpaired) electrons. The smallest absolute Gasteiger partial charge is 0.261 e. The molecule has 0 fully saturated rings. The Morgan fingerprint density at radius 3 is 2.26 bits per heavy atom. The number of likely N-dealkylation sites (N-methyl/N-ethyl adjacent to an activating group) is 1. The molecule has 2 amide bonds. The highest BCUT2D eigenvalue weighted by Gasteiger charge is 2.31. The van der Waals surface area contributed by atoms with Gasteiger partial charge >= 0.3 is 0 Å². The molecule has 0 saturated heterocycles.